The zero-order valence-electron chi connectivity index (χ0n) is 17.2. The van der Waals surface area contributed by atoms with Crippen molar-refractivity contribution in [1.29, 1.82) is 0 Å². The van der Waals surface area contributed by atoms with E-state index in [4.69, 9.17) is 10.5 Å². The number of carboxylic acid groups (broad SMARTS) is 1. The number of fused-ring (bicyclic) bond motifs is 1. The largest absolute Gasteiger partial charge is 0.478 e. The second kappa shape index (κ2) is 8.31. The van der Waals surface area contributed by atoms with Crippen LogP contribution in [0.5, 0.6) is 11.5 Å². The molecule has 7 nitrogen and oxygen atoms in total. The number of aliphatic carboxylic acids is 1. The number of rotatable bonds is 6. The van der Waals surface area contributed by atoms with E-state index in [-0.39, 0.29) is 5.92 Å². The molecule has 0 aliphatic heterocycles. The summed E-state index contributed by atoms with van der Waals surface area (Å²) in [6, 6.07) is 17.1. The van der Waals surface area contributed by atoms with Crippen LogP contribution < -0.4 is 10.5 Å². The van der Waals surface area contributed by atoms with Crippen molar-refractivity contribution >= 4 is 23.4 Å². The fourth-order valence-electron chi connectivity index (χ4n) is 3.64. The lowest BCUT2D eigenvalue weighted by atomic mass is 9.97. The van der Waals surface area contributed by atoms with Gasteiger partial charge in [-0.15, -0.1) is 0 Å². The maximum atomic E-state index is 11.2. The van der Waals surface area contributed by atoms with Crippen LogP contribution in [0.2, 0.25) is 0 Å². The minimum Gasteiger partial charge on any atom is -0.478 e. The van der Waals surface area contributed by atoms with Gasteiger partial charge < -0.3 is 15.6 Å². The highest BCUT2D eigenvalue weighted by molar-refractivity contribution is 5.97. The van der Waals surface area contributed by atoms with Gasteiger partial charge in [0.1, 0.15) is 23.3 Å². The summed E-state index contributed by atoms with van der Waals surface area (Å²) in [6.45, 7) is 4.05. The van der Waals surface area contributed by atoms with Gasteiger partial charge in [0.05, 0.1) is 5.69 Å². The molecule has 3 N–H and O–H groups in total. The average molecular weight is 414 g/mol. The van der Waals surface area contributed by atoms with Crippen LogP contribution in [0.4, 0.5) is 5.82 Å². The molecule has 156 valence electrons. The molecular formula is C24H22N4O3. The van der Waals surface area contributed by atoms with E-state index in [0.717, 1.165) is 34.2 Å². The van der Waals surface area contributed by atoms with Gasteiger partial charge in [-0.3, -0.25) is 0 Å². The van der Waals surface area contributed by atoms with E-state index in [1.807, 2.05) is 68.4 Å². The van der Waals surface area contributed by atoms with Crippen molar-refractivity contribution in [1.82, 2.24) is 14.6 Å². The van der Waals surface area contributed by atoms with E-state index >= 15 is 0 Å². The van der Waals surface area contributed by atoms with Crippen LogP contribution >= 0.6 is 0 Å². The van der Waals surface area contributed by atoms with Crippen molar-refractivity contribution in [3.8, 4) is 22.6 Å². The normalized spacial score (nSPS) is 11.5. The summed E-state index contributed by atoms with van der Waals surface area (Å²) in [5.41, 5.74) is 10.1. The quantitative estimate of drug-likeness (QED) is 0.431. The van der Waals surface area contributed by atoms with Crippen molar-refractivity contribution in [2.24, 2.45) is 0 Å². The zero-order valence-corrected chi connectivity index (χ0v) is 17.2. The summed E-state index contributed by atoms with van der Waals surface area (Å²) in [7, 11) is 0. The molecule has 0 aliphatic carbocycles. The molecule has 2 aromatic carbocycles. The van der Waals surface area contributed by atoms with Gasteiger partial charge in [-0.2, -0.15) is 5.10 Å². The molecule has 2 heterocycles. The molecule has 0 unspecified atom stereocenters. The minimum absolute atomic E-state index is 0.0738. The number of carbonyl (C=O) groups is 1. The van der Waals surface area contributed by atoms with Gasteiger partial charge in [-0.05, 0) is 41.8 Å². The lowest BCUT2D eigenvalue weighted by Crippen LogP contribution is -2.03. The number of hydrogen-bond donors (Lipinski definition) is 2. The highest BCUT2D eigenvalue weighted by Gasteiger charge is 2.23. The number of nitrogens with two attached hydrogens (primary N) is 1. The fraction of sp³-hybridized carbons (Fsp3) is 0.125. The van der Waals surface area contributed by atoms with E-state index in [1.54, 1.807) is 10.6 Å². The number of anilines is 1. The van der Waals surface area contributed by atoms with E-state index in [9.17, 15) is 9.90 Å². The Morgan fingerprint density at radius 2 is 1.77 bits per heavy atom. The standard InChI is InChI=1S/C24H22N4O3/c1-15(2)22-19(12-13-20(29)30)21(23-24(25)26-14-27-28(22)23)16-8-10-18(11-9-16)31-17-6-4-3-5-7-17/h3-15H,1-2H3,(H,29,30)(H2,25,26,27)/b13-12+. The number of para-hydroxylation sites is 1. The fourth-order valence-corrected chi connectivity index (χ4v) is 3.64. The maximum absolute atomic E-state index is 11.2. The predicted molar refractivity (Wildman–Crippen MR) is 120 cm³/mol. The number of benzene rings is 2. The third-order valence-corrected chi connectivity index (χ3v) is 4.89. The van der Waals surface area contributed by atoms with Crippen LogP contribution in [0.3, 0.4) is 0 Å². The first-order chi connectivity index (χ1) is 15.0. The van der Waals surface area contributed by atoms with Gasteiger partial charge in [-0.25, -0.2) is 14.3 Å². The van der Waals surface area contributed by atoms with Gasteiger partial charge in [0.25, 0.3) is 0 Å². The van der Waals surface area contributed by atoms with E-state index < -0.39 is 5.97 Å². The Morgan fingerprint density at radius 3 is 2.42 bits per heavy atom. The van der Waals surface area contributed by atoms with Crippen LogP contribution in [0.15, 0.2) is 67.0 Å². The molecule has 4 aromatic rings. The van der Waals surface area contributed by atoms with Gasteiger partial charge >= 0.3 is 5.97 Å². The Labute approximate surface area is 179 Å². The number of aromatic nitrogens is 3. The zero-order chi connectivity index (χ0) is 22.0. The predicted octanol–water partition coefficient (Wildman–Crippen LogP) is 4.99. The number of ether oxygens (including phenoxy) is 1. The number of nitrogens with zero attached hydrogens (tertiary/aromatic N) is 3. The summed E-state index contributed by atoms with van der Waals surface area (Å²) in [4.78, 5) is 15.4. The van der Waals surface area contributed by atoms with Gasteiger partial charge in [0, 0.05) is 17.2 Å². The van der Waals surface area contributed by atoms with Crippen molar-refractivity contribution in [3.63, 3.8) is 0 Å². The van der Waals surface area contributed by atoms with Crippen molar-refractivity contribution < 1.29 is 14.6 Å². The van der Waals surface area contributed by atoms with Crippen LogP contribution in [0.25, 0.3) is 22.7 Å². The molecule has 0 spiro atoms. The molecule has 0 aliphatic rings. The van der Waals surface area contributed by atoms with Crippen molar-refractivity contribution in [2.45, 2.75) is 19.8 Å². The second-order valence-electron chi connectivity index (χ2n) is 7.35. The summed E-state index contributed by atoms with van der Waals surface area (Å²) < 4.78 is 7.64. The molecule has 0 fully saturated rings. The Bertz CT molecular complexity index is 1260. The van der Waals surface area contributed by atoms with E-state index in [1.165, 1.54) is 6.33 Å². The van der Waals surface area contributed by atoms with Crippen LogP contribution in [-0.2, 0) is 4.79 Å². The SMILES string of the molecule is CC(C)c1c(/C=C/C(=O)O)c(-c2ccc(Oc3ccccc3)cc2)c2c(N)ncnn12. The summed E-state index contributed by atoms with van der Waals surface area (Å²) in [6.07, 6.45) is 4.12. The number of nitrogen functional groups attached to an aromatic ring is 1. The molecule has 0 bridgehead atoms. The molecule has 7 heteroatoms. The lowest BCUT2D eigenvalue weighted by Gasteiger charge is -2.08. The summed E-state index contributed by atoms with van der Waals surface area (Å²) in [5.74, 6) is 0.807. The van der Waals surface area contributed by atoms with Gasteiger partial charge in [0.15, 0.2) is 5.82 Å². The Balaban J connectivity index is 1.88. The average Bonchev–Trinajstić information content (AvgIpc) is 3.09. The monoisotopic (exact) mass is 414 g/mol. The van der Waals surface area contributed by atoms with Crippen molar-refractivity contribution in [3.05, 3.63) is 78.3 Å². The molecule has 0 atom stereocenters. The summed E-state index contributed by atoms with van der Waals surface area (Å²) in [5, 5.41) is 13.6. The highest BCUT2D eigenvalue weighted by Crippen LogP contribution is 2.39. The molecule has 0 saturated heterocycles. The molecule has 2 aromatic heterocycles. The van der Waals surface area contributed by atoms with Crippen molar-refractivity contribution in [2.75, 3.05) is 5.73 Å². The van der Waals surface area contributed by atoms with Crippen LogP contribution in [0, 0.1) is 0 Å². The molecule has 0 radical (unpaired) electrons. The smallest absolute Gasteiger partial charge is 0.328 e. The topological polar surface area (TPSA) is 103 Å². The minimum atomic E-state index is -1.03. The first-order valence-electron chi connectivity index (χ1n) is 9.85. The lowest BCUT2D eigenvalue weighted by molar-refractivity contribution is -0.131. The second-order valence-corrected chi connectivity index (χ2v) is 7.35. The molecular weight excluding hydrogens is 392 g/mol. The van der Waals surface area contributed by atoms with Gasteiger partial charge in [-0.1, -0.05) is 44.2 Å². The molecule has 31 heavy (non-hydrogen) atoms. The summed E-state index contributed by atoms with van der Waals surface area (Å²) >= 11 is 0. The third-order valence-electron chi connectivity index (χ3n) is 4.89. The third kappa shape index (κ3) is 3.98. The van der Waals surface area contributed by atoms with E-state index in [2.05, 4.69) is 10.1 Å². The number of hydrogen-bond acceptors (Lipinski definition) is 5. The maximum Gasteiger partial charge on any atom is 0.328 e. The van der Waals surface area contributed by atoms with E-state index in [0.29, 0.717) is 17.1 Å². The molecule has 0 saturated carbocycles. The molecule has 4 rings (SSSR count). The van der Waals surface area contributed by atoms with Gasteiger partial charge in [0.2, 0.25) is 0 Å². The highest BCUT2D eigenvalue weighted by atomic mass is 16.5. The van der Waals surface area contributed by atoms with Crippen LogP contribution in [0.1, 0.15) is 31.0 Å². The number of carboxylic acids is 1. The Kier molecular flexibility index (Phi) is 5.41. The Morgan fingerprint density at radius 1 is 1.10 bits per heavy atom. The van der Waals surface area contributed by atoms with Crippen LogP contribution in [-0.4, -0.2) is 25.7 Å². The first kappa shape index (κ1) is 20.2. The first-order valence-corrected chi connectivity index (χ1v) is 9.85. The Hall–Kier alpha value is -4.13. The molecule has 0 amide bonds.